The molecule has 25 heavy (non-hydrogen) atoms. The Morgan fingerprint density at radius 1 is 1.08 bits per heavy atom. The van der Waals surface area contributed by atoms with E-state index in [2.05, 4.69) is 10.4 Å². The molecule has 1 aliphatic heterocycles. The third-order valence-electron chi connectivity index (χ3n) is 4.02. The first kappa shape index (κ1) is 15.7. The number of anilines is 1. The van der Waals surface area contributed by atoms with Gasteiger partial charge >= 0.3 is 0 Å². The fourth-order valence-electron chi connectivity index (χ4n) is 2.83. The first-order valence-electron chi connectivity index (χ1n) is 7.70. The van der Waals surface area contributed by atoms with Crippen LogP contribution in [-0.4, -0.2) is 19.9 Å². The molecule has 1 unspecified atom stereocenters. The molecule has 0 saturated heterocycles. The Kier molecular flexibility index (Phi) is 3.93. The fourth-order valence-corrected chi connectivity index (χ4v) is 4.10. The Balaban J connectivity index is 1.77. The van der Waals surface area contributed by atoms with E-state index in [9.17, 15) is 13.4 Å². The number of fused-ring (bicyclic) bond motifs is 1. The van der Waals surface area contributed by atoms with Crippen LogP contribution in [0.3, 0.4) is 0 Å². The Labute approximate surface area is 145 Å². The van der Waals surface area contributed by atoms with Gasteiger partial charge in [0.25, 0.3) is 5.91 Å². The smallest absolute Gasteiger partial charge is 0.259 e. The van der Waals surface area contributed by atoms with Gasteiger partial charge in [-0.05, 0) is 24.3 Å². The topological polar surface area (TPSA) is 64.0 Å². The van der Waals surface area contributed by atoms with Gasteiger partial charge in [0.05, 0.1) is 28.5 Å². The fraction of sp³-hybridized carbons (Fsp3) is 0.111. The van der Waals surface area contributed by atoms with E-state index < -0.39 is 22.5 Å². The first-order valence-corrected chi connectivity index (χ1v) is 9.19. The maximum atomic E-state index is 13.9. The molecule has 1 amide bonds. The van der Waals surface area contributed by atoms with Crippen LogP contribution in [0.1, 0.15) is 21.6 Å². The summed E-state index contributed by atoms with van der Waals surface area (Å²) < 4.78 is 27.4. The third kappa shape index (κ3) is 2.87. The zero-order valence-corrected chi connectivity index (χ0v) is 13.9. The zero-order chi connectivity index (χ0) is 17.4. The van der Waals surface area contributed by atoms with Crippen LogP contribution in [0, 0.1) is 5.82 Å². The molecule has 0 saturated carbocycles. The van der Waals surface area contributed by atoms with Gasteiger partial charge in [0.1, 0.15) is 11.6 Å². The molecule has 1 aromatic heterocycles. The molecular weight excluding hydrogens is 341 g/mol. The summed E-state index contributed by atoms with van der Waals surface area (Å²) in [5.74, 6) is -0.0192. The van der Waals surface area contributed by atoms with E-state index in [0.717, 1.165) is 11.3 Å². The van der Waals surface area contributed by atoms with Crippen molar-refractivity contribution >= 4 is 22.5 Å². The number of hydrogen-bond donors (Lipinski definition) is 1. The molecule has 5 nitrogen and oxygen atoms in total. The highest BCUT2D eigenvalue weighted by molar-refractivity contribution is 7.83. The number of carbonyl (C=O) groups excluding carboxylic acids is 1. The summed E-state index contributed by atoms with van der Waals surface area (Å²) in [4.78, 5) is 12.5. The minimum atomic E-state index is -1.03. The predicted octanol–water partition coefficient (Wildman–Crippen LogP) is 3.03. The number of nitrogens with one attached hydrogen (secondary N) is 1. The molecule has 1 N–H and O–H groups in total. The summed E-state index contributed by atoms with van der Waals surface area (Å²) in [6, 6.07) is 15.1. The predicted molar refractivity (Wildman–Crippen MR) is 93.5 cm³/mol. The number of benzene rings is 2. The average Bonchev–Trinajstić information content (AvgIpc) is 3.13. The molecular formula is C18H14FN3O2S. The summed E-state index contributed by atoms with van der Waals surface area (Å²) >= 11 is 0. The molecule has 0 bridgehead atoms. The van der Waals surface area contributed by atoms with Gasteiger partial charge < -0.3 is 5.32 Å². The first-order chi connectivity index (χ1) is 12.1. The van der Waals surface area contributed by atoms with Gasteiger partial charge in [-0.2, -0.15) is 5.10 Å². The number of amides is 1. The Bertz CT molecular complexity index is 985. The second-order valence-corrected chi connectivity index (χ2v) is 7.14. The van der Waals surface area contributed by atoms with E-state index >= 15 is 0 Å². The lowest BCUT2D eigenvalue weighted by atomic mass is 10.2. The van der Waals surface area contributed by atoms with Crippen molar-refractivity contribution in [3.8, 4) is 5.69 Å². The van der Waals surface area contributed by atoms with Gasteiger partial charge in [0, 0.05) is 16.4 Å². The van der Waals surface area contributed by atoms with Gasteiger partial charge in [-0.1, -0.05) is 30.3 Å². The lowest BCUT2D eigenvalue weighted by molar-refractivity contribution is 0.102. The molecule has 0 radical (unpaired) electrons. The van der Waals surface area contributed by atoms with Crippen molar-refractivity contribution in [3.63, 3.8) is 0 Å². The average molecular weight is 355 g/mol. The Morgan fingerprint density at radius 3 is 2.56 bits per heavy atom. The van der Waals surface area contributed by atoms with Gasteiger partial charge in [-0.15, -0.1) is 0 Å². The van der Waals surface area contributed by atoms with Crippen molar-refractivity contribution in [1.29, 1.82) is 0 Å². The van der Waals surface area contributed by atoms with Crippen LogP contribution in [0.25, 0.3) is 5.69 Å². The van der Waals surface area contributed by atoms with Crippen molar-refractivity contribution in [3.05, 3.63) is 77.2 Å². The second kappa shape index (κ2) is 6.25. The standard InChI is InChI=1S/C18H14FN3O2S/c19-15-9-5-4-8-13(15)18(23)20-17-14-10-25(24)11-16(14)21-22(17)12-6-2-1-3-7-12/h1-9H,10-11H2,(H,20,23). The van der Waals surface area contributed by atoms with Gasteiger partial charge in [-0.3, -0.25) is 9.00 Å². The van der Waals surface area contributed by atoms with Crippen LogP contribution >= 0.6 is 0 Å². The normalized spacial score (nSPS) is 15.8. The van der Waals surface area contributed by atoms with Crippen LogP contribution < -0.4 is 5.32 Å². The molecule has 3 aromatic rings. The largest absolute Gasteiger partial charge is 0.306 e. The van der Waals surface area contributed by atoms with Gasteiger partial charge in [-0.25, -0.2) is 9.07 Å². The SMILES string of the molecule is O=C(Nc1c2c(nn1-c1ccccc1)CS(=O)C2)c1ccccc1F. The molecule has 4 rings (SSSR count). The number of carbonyl (C=O) groups is 1. The number of rotatable bonds is 3. The van der Waals surface area contributed by atoms with Gasteiger partial charge in [0.15, 0.2) is 0 Å². The minimum absolute atomic E-state index is 0.0452. The Hall–Kier alpha value is -2.80. The molecule has 1 aliphatic rings. The maximum Gasteiger partial charge on any atom is 0.259 e. The van der Waals surface area contributed by atoms with E-state index in [4.69, 9.17) is 0 Å². The second-order valence-electron chi connectivity index (χ2n) is 5.68. The highest BCUT2D eigenvalue weighted by Crippen LogP contribution is 2.31. The van der Waals surface area contributed by atoms with Crippen LogP contribution in [-0.2, 0) is 22.3 Å². The Morgan fingerprint density at radius 2 is 1.80 bits per heavy atom. The summed E-state index contributed by atoms with van der Waals surface area (Å²) in [5.41, 5.74) is 2.17. The monoisotopic (exact) mass is 355 g/mol. The molecule has 0 fully saturated rings. The summed E-state index contributed by atoms with van der Waals surface area (Å²) in [7, 11) is -1.03. The van der Waals surface area contributed by atoms with Crippen molar-refractivity contribution in [2.45, 2.75) is 11.5 Å². The molecule has 0 aliphatic carbocycles. The van der Waals surface area contributed by atoms with E-state index in [1.807, 2.05) is 30.3 Å². The van der Waals surface area contributed by atoms with Gasteiger partial charge in [0.2, 0.25) is 0 Å². The molecule has 0 spiro atoms. The van der Waals surface area contributed by atoms with E-state index in [-0.39, 0.29) is 5.56 Å². The zero-order valence-electron chi connectivity index (χ0n) is 13.1. The maximum absolute atomic E-state index is 13.9. The third-order valence-corrected chi connectivity index (χ3v) is 5.23. The highest BCUT2D eigenvalue weighted by Gasteiger charge is 2.28. The number of hydrogen-bond acceptors (Lipinski definition) is 3. The molecule has 7 heteroatoms. The molecule has 126 valence electrons. The highest BCUT2D eigenvalue weighted by atomic mass is 32.2. The molecule has 1 atom stereocenters. The minimum Gasteiger partial charge on any atom is -0.306 e. The van der Waals surface area contributed by atoms with Crippen LogP contribution in [0.2, 0.25) is 0 Å². The number of para-hydroxylation sites is 1. The lowest BCUT2D eigenvalue weighted by Crippen LogP contribution is -2.17. The van der Waals surface area contributed by atoms with Crippen molar-refractivity contribution in [2.24, 2.45) is 0 Å². The van der Waals surface area contributed by atoms with Crippen molar-refractivity contribution in [2.75, 3.05) is 5.32 Å². The quantitative estimate of drug-likeness (QED) is 0.785. The van der Waals surface area contributed by atoms with E-state index in [1.165, 1.54) is 18.2 Å². The summed E-state index contributed by atoms with van der Waals surface area (Å²) in [6.07, 6.45) is 0. The number of nitrogens with zero attached hydrogens (tertiary/aromatic N) is 2. The summed E-state index contributed by atoms with van der Waals surface area (Å²) in [5, 5.41) is 7.25. The van der Waals surface area contributed by atoms with Crippen LogP contribution in [0.15, 0.2) is 54.6 Å². The van der Waals surface area contributed by atoms with Crippen LogP contribution in [0.4, 0.5) is 10.2 Å². The lowest BCUT2D eigenvalue weighted by Gasteiger charge is -2.11. The van der Waals surface area contributed by atoms with Crippen LogP contribution in [0.5, 0.6) is 0 Å². The summed E-state index contributed by atoms with van der Waals surface area (Å²) in [6.45, 7) is 0. The number of halogens is 1. The van der Waals surface area contributed by atoms with E-state index in [0.29, 0.717) is 23.0 Å². The van der Waals surface area contributed by atoms with E-state index in [1.54, 1.807) is 10.7 Å². The molecule has 2 aromatic carbocycles. The van der Waals surface area contributed by atoms with Crippen molar-refractivity contribution < 1.29 is 13.4 Å². The molecule has 2 heterocycles. The van der Waals surface area contributed by atoms with Crippen molar-refractivity contribution in [1.82, 2.24) is 9.78 Å². The number of aromatic nitrogens is 2.